The Morgan fingerprint density at radius 3 is 1.90 bits per heavy atom. The molecule has 2 aliphatic carbocycles. The van der Waals surface area contributed by atoms with Gasteiger partial charge in [0.15, 0.2) is 0 Å². The normalized spacial score (nSPS) is 25.1. The molecule has 2 saturated carbocycles. The zero-order chi connectivity index (χ0) is 14.4. The van der Waals surface area contributed by atoms with E-state index in [1.807, 2.05) is 0 Å². The van der Waals surface area contributed by atoms with Gasteiger partial charge in [0.1, 0.15) is 0 Å². The van der Waals surface area contributed by atoms with Crippen LogP contribution in [0.15, 0.2) is 12.3 Å². The summed E-state index contributed by atoms with van der Waals surface area (Å²) >= 11 is 0. The van der Waals surface area contributed by atoms with Crippen LogP contribution >= 0.6 is 0 Å². The highest BCUT2D eigenvalue weighted by Crippen LogP contribution is 2.30. The molecule has 2 nitrogen and oxygen atoms in total. The highest BCUT2D eigenvalue weighted by Gasteiger charge is 2.27. The Balaban J connectivity index is 1.84. The molecular weight excluding hydrogens is 244 g/mol. The number of hydrogen-bond donors (Lipinski definition) is 2. The van der Waals surface area contributed by atoms with Crippen LogP contribution in [0.2, 0.25) is 0 Å². The van der Waals surface area contributed by atoms with Crippen molar-refractivity contribution >= 4 is 0 Å². The summed E-state index contributed by atoms with van der Waals surface area (Å²) in [5, 5.41) is 7.26. The second-order valence-corrected chi connectivity index (χ2v) is 7.02. The maximum atomic E-state index is 4.36. The molecule has 2 rings (SSSR count). The van der Waals surface area contributed by atoms with Gasteiger partial charge in [0.2, 0.25) is 0 Å². The minimum absolute atomic E-state index is 0.460. The van der Waals surface area contributed by atoms with Gasteiger partial charge < -0.3 is 10.6 Å². The van der Waals surface area contributed by atoms with E-state index < -0.39 is 0 Å². The molecule has 2 N–H and O–H groups in total. The molecule has 0 bridgehead atoms. The third kappa shape index (κ3) is 4.25. The molecule has 0 aromatic carbocycles. The van der Waals surface area contributed by atoms with Crippen LogP contribution in [0.5, 0.6) is 0 Å². The molecule has 1 unspecified atom stereocenters. The molecule has 0 spiro atoms. The lowest BCUT2D eigenvalue weighted by molar-refractivity contribution is 0.265. The van der Waals surface area contributed by atoms with Gasteiger partial charge in [0.05, 0.1) is 0 Å². The fraction of sp³-hybridized carbons (Fsp3) is 0.889. The van der Waals surface area contributed by atoms with Crippen molar-refractivity contribution in [1.29, 1.82) is 0 Å². The van der Waals surface area contributed by atoms with E-state index >= 15 is 0 Å². The first-order valence-electron chi connectivity index (χ1n) is 8.85. The van der Waals surface area contributed by atoms with Gasteiger partial charge in [0, 0.05) is 17.8 Å². The van der Waals surface area contributed by atoms with Crippen molar-refractivity contribution in [2.45, 2.75) is 83.2 Å². The zero-order valence-corrected chi connectivity index (χ0v) is 13.6. The summed E-state index contributed by atoms with van der Waals surface area (Å²) in [5.74, 6) is 1.64. The quantitative estimate of drug-likeness (QED) is 0.760. The Morgan fingerprint density at radius 2 is 1.40 bits per heavy atom. The van der Waals surface area contributed by atoms with Crippen molar-refractivity contribution < 1.29 is 0 Å². The summed E-state index contributed by atoms with van der Waals surface area (Å²) in [5.41, 5.74) is 1.23. The van der Waals surface area contributed by atoms with Gasteiger partial charge in [-0.15, -0.1) is 0 Å². The Kier molecular flexibility index (Phi) is 6.41. The lowest BCUT2D eigenvalue weighted by atomic mass is 9.81. The van der Waals surface area contributed by atoms with E-state index in [2.05, 4.69) is 31.2 Å². The van der Waals surface area contributed by atoms with Crippen molar-refractivity contribution in [3.8, 4) is 0 Å². The third-order valence-corrected chi connectivity index (χ3v) is 5.58. The highest BCUT2D eigenvalue weighted by atomic mass is 15.0. The molecule has 0 aliphatic heterocycles. The van der Waals surface area contributed by atoms with Crippen LogP contribution in [-0.4, -0.2) is 19.1 Å². The van der Waals surface area contributed by atoms with Gasteiger partial charge >= 0.3 is 0 Å². The molecule has 2 aliphatic rings. The van der Waals surface area contributed by atoms with Crippen molar-refractivity contribution in [2.24, 2.45) is 11.8 Å². The first-order valence-corrected chi connectivity index (χ1v) is 8.85. The Labute approximate surface area is 125 Å². The molecule has 0 aromatic heterocycles. The van der Waals surface area contributed by atoms with Crippen molar-refractivity contribution in [3.05, 3.63) is 12.3 Å². The van der Waals surface area contributed by atoms with Gasteiger partial charge in [-0.1, -0.05) is 45.1 Å². The standard InChI is InChI=1S/C18H34N2/c1-14(16-10-6-4-7-11-16)20-15(2)18(19-3)17-12-8-5-9-13-17/h14,16-20H,2,4-13H2,1,3H3/t14?,18-/m1/s1. The maximum absolute atomic E-state index is 4.36. The number of rotatable bonds is 6. The van der Waals surface area contributed by atoms with Crippen LogP contribution in [0.3, 0.4) is 0 Å². The van der Waals surface area contributed by atoms with Crippen LogP contribution in [0.1, 0.15) is 71.1 Å². The first-order chi connectivity index (χ1) is 9.72. The summed E-state index contributed by atoms with van der Waals surface area (Å²) in [6.45, 7) is 6.72. The van der Waals surface area contributed by atoms with E-state index in [9.17, 15) is 0 Å². The smallest absolute Gasteiger partial charge is 0.0489 e. The number of nitrogens with one attached hydrogen (secondary N) is 2. The predicted octanol–water partition coefficient (Wildman–Crippen LogP) is 4.23. The molecule has 0 aromatic rings. The largest absolute Gasteiger partial charge is 0.385 e. The van der Waals surface area contributed by atoms with E-state index in [0.717, 1.165) is 11.8 Å². The lowest BCUT2D eigenvalue weighted by Gasteiger charge is -2.35. The highest BCUT2D eigenvalue weighted by molar-refractivity contribution is 5.07. The van der Waals surface area contributed by atoms with Gasteiger partial charge in [-0.25, -0.2) is 0 Å². The summed E-state index contributed by atoms with van der Waals surface area (Å²) in [4.78, 5) is 0. The van der Waals surface area contributed by atoms with Gasteiger partial charge in [-0.3, -0.25) is 0 Å². The number of likely N-dealkylation sites (N-methyl/N-ethyl adjacent to an activating group) is 1. The maximum Gasteiger partial charge on any atom is 0.0489 e. The SMILES string of the molecule is C=C(NC(C)C1CCCCC1)[C@@H](NC)C1CCCCC1. The second kappa shape index (κ2) is 8.07. The Bertz CT molecular complexity index is 288. The van der Waals surface area contributed by atoms with E-state index in [-0.39, 0.29) is 0 Å². The lowest BCUT2D eigenvalue weighted by Crippen LogP contribution is -2.44. The number of hydrogen-bond acceptors (Lipinski definition) is 2. The molecule has 0 heterocycles. The molecular formula is C18H34N2. The molecule has 2 fully saturated rings. The predicted molar refractivity (Wildman–Crippen MR) is 87.7 cm³/mol. The molecule has 2 heteroatoms. The monoisotopic (exact) mass is 278 g/mol. The molecule has 20 heavy (non-hydrogen) atoms. The first kappa shape index (κ1) is 15.9. The van der Waals surface area contributed by atoms with Crippen LogP contribution < -0.4 is 10.6 Å². The molecule has 0 radical (unpaired) electrons. The van der Waals surface area contributed by atoms with E-state index in [1.165, 1.54) is 69.9 Å². The average molecular weight is 278 g/mol. The third-order valence-electron chi connectivity index (χ3n) is 5.58. The van der Waals surface area contributed by atoms with Crippen LogP contribution in [0.25, 0.3) is 0 Å². The van der Waals surface area contributed by atoms with E-state index in [0.29, 0.717) is 12.1 Å². The minimum atomic E-state index is 0.460. The molecule has 0 amide bonds. The van der Waals surface area contributed by atoms with Crippen LogP contribution in [0, 0.1) is 11.8 Å². The van der Waals surface area contributed by atoms with Gasteiger partial charge in [-0.05, 0) is 51.5 Å². The second-order valence-electron chi connectivity index (χ2n) is 7.02. The van der Waals surface area contributed by atoms with E-state index in [4.69, 9.17) is 0 Å². The van der Waals surface area contributed by atoms with Crippen molar-refractivity contribution in [2.75, 3.05) is 7.05 Å². The fourth-order valence-corrected chi connectivity index (χ4v) is 4.30. The molecule has 2 atom stereocenters. The summed E-state index contributed by atoms with van der Waals surface area (Å²) in [6, 6.07) is 1.04. The van der Waals surface area contributed by atoms with E-state index in [1.54, 1.807) is 0 Å². The summed E-state index contributed by atoms with van der Waals surface area (Å²) in [7, 11) is 2.09. The van der Waals surface area contributed by atoms with Crippen LogP contribution in [0.4, 0.5) is 0 Å². The average Bonchev–Trinajstić information content (AvgIpc) is 2.50. The fourth-order valence-electron chi connectivity index (χ4n) is 4.30. The van der Waals surface area contributed by atoms with Crippen molar-refractivity contribution in [3.63, 3.8) is 0 Å². The molecule has 0 saturated heterocycles. The Morgan fingerprint density at radius 1 is 0.900 bits per heavy atom. The summed E-state index contributed by atoms with van der Waals surface area (Å²) < 4.78 is 0. The Hall–Kier alpha value is -0.500. The summed E-state index contributed by atoms with van der Waals surface area (Å²) in [6.07, 6.45) is 14.0. The van der Waals surface area contributed by atoms with Gasteiger partial charge in [0.25, 0.3) is 0 Å². The van der Waals surface area contributed by atoms with Crippen LogP contribution in [-0.2, 0) is 0 Å². The molecule has 116 valence electrons. The zero-order valence-electron chi connectivity index (χ0n) is 13.6. The minimum Gasteiger partial charge on any atom is -0.385 e. The van der Waals surface area contributed by atoms with Crippen molar-refractivity contribution in [1.82, 2.24) is 10.6 Å². The van der Waals surface area contributed by atoms with Gasteiger partial charge in [-0.2, -0.15) is 0 Å². The topological polar surface area (TPSA) is 24.1 Å².